The molecule has 2 N–H and O–H groups in total. The van der Waals surface area contributed by atoms with Gasteiger partial charge in [0.25, 0.3) is 0 Å². The highest BCUT2D eigenvalue weighted by molar-refractivity contribution is 7.68. The van der Waals surface area contributed by atoms with Crippen LogP contribution in [-0.4, -0.2) is 15.0 Å². The van der Waals surface area contributed by atoms with Crippen LogP contribution in [0.25, 0.3) is 0 Å². The van der Waals surface area contributed by atoms with Crippen molar-refractivity contribution in [1.82, 2.24) is 4.68 Å². The first-order valence-electron chi connectivity index (χ1n) is 5.37. The zero-order chi connectivity index (χ0) is 11.9. The van der Waals surface area contributed by atoms with Crippen molar-refractivity contribution >= 4 is 13.4 Å². The van der Waals surface area contributed by atoms with Crippen molar-refractivity contribution in [3.63, 3.8) is 0 Å². The maximum Gasteiger partial charge on any atom is 0.0629 e. The quantitative estimate of drug-likeness (QED) is 0.579. The van der Waals surface area contributed by atoms with Crippen molar-refractivity contribution < 1.29 is 0 Å². The first-order chi connectivity index (χ1) is 6.64. The number of hydrogen-bond acceptors (Lipinski definition) is 1. The van der Waals surface area contributed by atoms with Crippen LogP contribution in [0.5, 0.6) is 0 Å². The molecule has 1 aromatic heterocycles. The molecule has 0 saturated carbocycles. The van der Waals surface area contributed by atoms with E-state index in [1.54, 1.807) is 4.68 Å². The summed E-state index contributed by atoms with van der Waals surface area (Å²) >= 11 is 0. The largest absolute Gasteiger partial charge is 0.339 e. The van der Waals surface area contributed by atoms with Crippen LogP contribution in [0.3, 0.4) is 0 Å². The number of nitrogens with two attached hydrogens (primary N) is 1. The minimum Gasteiger partial charge on any atom is -0.339 e. The monoisotopic (exact) mass is 226 g/mol. The average Bonchev–Trinajstić information content (AvgIpc) is 2.30. The Labute approximate surface area is 94.6 Å². The summed E-state index contributed by atoms with van der Waals surface area (Å²) in [6.07, 6.45) is 1.93. The van der Waals surface area contributed by atoms with Gasteiger partial charge < -0.3 is 5.84 Å². The van der Waals surface area contributed by atoms with Gasteiger partial charge in [-0.1, -0.05) is 41.5 Å². The summed E-state index contributed by atoms with van der Waals surface area (Å²) in [6.45, 7) is 13.8. The van der Waals surface area contributed by atoms with Crippen LogP contribution < -0.4 is 11.3 Å². The van der Waals surface area contributed by atoms with Crippen molar-refractivity contribution in [3.8, 4) is 0 Å². The molecule has 0 bridgehead atoms. The minimum atomic E-state index is -0.284. The first-order valence-corrected chi connectivity index (χ1v) is 6.71. The van der Waals surface area contributed by atoms with E-state index >= 15 is 0 Å². The summed E-state index contributed by atoms with van der Waals surface area (Å²) < 4.78 is 1.78. The van der Waals surface area contributed by atoms with Gasteiger partial charge in [0.05, 0.1) is 5.44 Å². The van der Waals surface area contributed by atoms with E-state index in [4.69, 9.17) is 5.84 Å². The molecule has 0 aliphatic carbocycles. The molecule has 1 aromatic rings. The Morgan fingerprint density at radius 1 is 1.07 bits per heavy atom. The third-order valence-electron chi connectivity index (χ3n) is 2.33. The molecule has 0 fully saturated rings. The summed E-state index contributed by atoms with van der Waals surface area (Å²) in [7, 11) is -0.284. The zero-order valence-corrected chi connectivity index (χ0v) is 11.6. The van der Waals surface area contributed by atoms with Crippen molar-refractivity contribution in [2.45, 2.75) is 51.9 Å². The van der Waals surface area contributed by atoms with Gasteiger partial charge in [0, 0.05) is 6.20 Å². The molecular formula is C12H23N2P. The molecule has 15 heavy (non-hydrogen) atoms. The van der Waals surface area contributed by atoms with E-state index in [1.165, 1.54) is 5.44 Å². The van der Waals surface area contributed by atoms with Crippen molar-refractivity contribution in [2.24, 2.45) is 0 Å². The van der Waals surface area contributed by atoms with Gasteiger partial charge >= 0.3 is 0 Å². The molecule has 0 aromatic carbocycles. The summed E-state index contributed by atoms with van der Waals surface area (Å²) in [6, 6.07) is 4.18. The van der Waals surface area contributed by atoms with E-state index in [-0.39, 0.29) is 18.2 Å². The summed E-state index contributed by atoms with van der Waals surface area (Å²) in [5, 5.41) is 0.562. The normalized spacial score (nSPS) is 13.5. The van der Waals surface area contributed by atoms with Gasteiger partial charge in [-0.05, 0) is 30.4 Å². The van der Waals surface area contributed by atoms with Gasteiger partial charge in [-0.15, -0.1) is 0 Å². The summed E-state index contributed by atoms with van der Waals surface area (Å²) in [4.78, 5) is 0. The van der Waals surface area contributed by atoms with Gasteiger partial charge in [-0.3, -0.25) is 4.68 Å². The van der Waals surface area contributed by atoms with E-state index in [2.05, 4.69) is 47.6 Å². The molecule has 0 amide bonds. The first kappa shape index (κ1) is 12.6. The highest BCUT2D eigenvalue weighted by Crippen LogP contribution is 2.57. The van der Waals surface area contributed by atoms with E-state index in [1.807, 2.05) is 12.3 Å². The Hall–Kier alpha value is -0.490. The van der Waals surface area contributed by atoms with E-state index < -0.39 is 0 Å². The number of nitrogens with zero attached hydrogens (tertiary/aromatic N) is 1. The minimum absolute atomic E-state index is 0.281. The lowest BCUT2D eigenvalue weighted by Crippen LogP contribution is -2.36. The highest BCUT2D eigenvalue weighted by atomic mass is 31.1. The van der Waals surface area contributed by atoms with Gasteiger partial charge in [-0.25, -0.2) is 0 Å². The fraction of sp³-hybridized carbons (Fsp3) is 0.667. The lowest BCUT2D eigenvalue weighted by Gasteiger charge is -2.41. The van der Waals surface area contributed by atoms with Gasteiger partial charge in [0.15, 0.2) is 0 Å². The Morgan fingerprint density at radius 3 is 1.80 bits per heavy atom. The van der Waals surface area contributed by atoms with Crippen LogP contribution in [0.1, 0.15) is 41.5 Å². The topological polar surface area (TPSA) is 30.9 Å². The molecule has 0 spiro atoms. The fourth-order valence-corrected chi connectivity index (χ4v) is 6.19. The lowest BCUT2D eigenvalue weighted by atomic mass is 10.2. The molecule has 86 valence electrons. The molecule has 0 aliphatic heterocycles. The van der Waals surface area contributed by atoms with E-state index in [0.29, 0.717) is 0 Å². The molecule has 0 saturated heterocycles. The van der Waals surface area contributed by atoms with Crippen molar-refractivity contribution in [1.29, 1.82) is 0 Å². The van der Waals surface area contributed by atoms with Crippen LogP contribution in [0.2, 0.25) is 0 Å². The highest BCUT2D eigenvalue weighted by Gasteiger charge is 2.37. The number of aromatic nitrogens is 1. The lowest BCUT2D eigenvalue weighted by molar-refractivity contribution is 0.712. The maximum absolute atomic E-state index is 5.97. The molecule has 0 unspecified atom stereocenters. The second-order valence-corrected chi connectivity index (χ2v) is 9.76. The third-order valence-corrected chi connectivity index (χ3v) is 5.85. The maximum atomic E-state index is 5.97. The summed E-state index contributed by atoms with van der Waals surface area (Å²) in [5.41, 5.74) is 1.28. The molecule has 0 atom stereocenters. The molecule has 1 heterocycles. The molecule has 1 rings (SSSR count). The number of hydrogen-bond donors (Lipinski definition) is 1. The molecule has 0 radical (unpaired) electrons. The summed E-state index contributed by atoms with van der Waals surface area (Å²) in [5.74, 6) is 5.97. The number of rotatable bonds is 1. The van der Waals surface area contributed by atoms with Crippen molar-refractivity contribution in [2.75, 3.05) is 5.84 Å². The Balaban J connectivity index is 3.20. The molecule has 0 aliphatic rings. The third kappa shape index (κ3) is 2.75. The average molecular weight is 226 g/mol. The Morgan fingerprint density at radius 2 is 1.53 bits per heavy atom. The predicted octanol–water partition coefficient (Wildman–Crippen LogP) is 2.91. The van der Waals surface area contributed by atoms with Gasteiger partial charge in [-0.2, -0.15) is 0 Å². The molecule has 3 heteroatoms. The van der Waals surface area contributed by atoms with Crippen LogP contribution in [0.4, 0.5) is 0 Å². The predicted molar refractivity (Wildman–Crippen MR) is 70.6 cm³/mol. The molecule has 2 nitrogen and oxygen atoms in total. The second kappa shape index (κ2) is 3.83. The van der Waals surface area contributed by atoms with Gasteiger partial charge in [0.2, 0.25) is 0 Å². The van der Waals surface area contributed by atoms with Crippen LogP contribution in [0.15, 0.2) is 18.3 Å². The smallest absolute Gasteiger partial charge is 0.0629 e. The Bertz CT molecular complexity index is 314. The fourth-order valence-electron chi connectivity index (χ4n) is 2.27. The Kier molecular flexibility index (Phi) is 3.21. The molecular weight excluding hydrogens is 203 g/mol. The second-order valence-electron chi connectivity index (χ2n) is 5.95. The van der Waals surface area contributed by atoms with E-state index in [0.717, 1.165) is 0 Å². The van der Waals surface area contributed by atoms with E-state index in [9.17, 15) is 0 Å². The number of nitrogen functional groups attached to an aromatic ring is 1. The van der Waals surface area contributed by atoms with Crippen LogP contribution in [-0.2, 0) is 0 Å². The standard InChI is InChI=1S/C12H23N2P/c1-11(2,3)15(12(4,5)6)10-8-7-9-14(10)13/h7-9H,13H2,1-6H3. The van der Waals surface area contributed by atoms with Crippen molar-refractivity contribution in [3.05, 3.63) is 18.3 Å². The van der Waals surface area contributed by atoms with Crippen LogP contribution in [0, 0.1) is 0 Å². The van der Waals surface area contributed by atoms with Gasteiger partial charge in [0.1, 0.15) is 0 Å². The van der Waals surface area contributed by atoms with Crippen LogP contribution >= 0.6 is 7.92 Å². The SMILES string of the molecule is CC(C)(C)P(c1cccn1N)C(C)(C)C. The zero-order valence-electron chi connectivity index (χ0n) is 10.7.